The molecule has 2 N–H and O–H groups in total. The van der Waals surface area contributed by atoms with Gasteiger partial charge >= 0.3 is 11.7 Å². The second-order valence-electron chi connectivity index (χ2n) is 4.31. The van der Waals surface area contributed by atoms with Crippen LogP contribution in [-0.2, 0) is 17.4 Å². The summed E-state index contributed by atoms with van der Waals surface area (Å²) in [6, 6.07) is 1.04. The first kappa shape index (κ1) is 19.0. The zero-order valence-corrected chi connectivity index (χ0v) is 13.4. The summed E-state index contributed by atoms with van der Waals surface area (Å²) in [5, 5.41) is 2.39. The number of rotatable bonds is 2. The minimum Gasteiger partial charge on any atom is -0.604 e. The van der Waals surface area contributed by atoms with Gasteiger partial charge in [0, 0.05) is 0 Å². The maximum atomic E-state index is 12.7. The molecular formula is C11H5Cl2F6N3OS. The third-order valence-electron chi connectivity index (χ3n) is 2.74. The summed E-state index contributed by atoms with van der Waals surface area (Å²) in [5.74, 6) is -0.714. The molecular weight excluding hydrogens is 407 g/mol. The molecule has 0 bridgehead atoms. The van der Waals surface area contributed by atoms with E-state index in [2.05, 4.69) is 5.10 Å². The van der Waals surface area contributed by atoms with Crippen LogP contribution in [0.4, 0.5) is 32.2 Å². The van der Waals surface area contributed by atoms with Crippen LogP contribution >= 0.6 is 23.2 Å². The first-order valence-corrected chi connectivity index (χ1v) is 7.63. The summed E-state index contributed by atoms with van der Waals surface area (Å²) in [5.41, 5.74) is -1.15. The minimum absolute atomic E-state index is 0.366. The molecule has 13 heteroatoms. The van der Waals surface area contributed by atoms with E-state index in [0.29, 0.717) is 23.0 Å². The number of benzene rings is 1. The highest BCUT2D eigenvalue weighted by Gasteiger charge is 2.48. The monoisotopic (exact) mass is 411 g/mol. The molecule has 0 fully saturated rings. The van der Waals surface area contributed by atoms with Crippen LogP contribution in [0.3, 0.4) is 0 Å². The fourth-order valence-corrected chi connectivity index (χ4v) is 3.04. The number of nitrogen functional groups attached to an aromatic ring is 1. The lowest BCUT2D eigenvalue weighted by Gasteiger charge is -2.14. The van der Waals surface area contributed by atoms with Crippen LogP contribution in [0.5, 0.6) is 0 Å². The van der Waals surface area contributed by atoms with Crippen molar-refractivity contribution < 1.29 is 30.9 Å². The lowest BCUT2D eigenvalue weighted by Crippen LogP contribution is -2.24. The van der Waals surface area contributed by atoms with Gasteiger partial charge in [0.2, 0.25) is 4.90 Å². The maximum absolute atomic E-state index is 12.7. The van der Waals surface area contributed by atoms with Crippen LogP contribution in [0, 0.1) is 0 Å². The van der Waals surface area contributed by atoms with Gasteiger partial charge in [0.15, 0.2) is 5.82 Å². The number of alkyl halides is 6. The third-order valence-corrected chi connectivity index (χ3v) is 4.45. The smallest absolute Gasteiger partial charge is 0.578 e. The summed E-state index contributed by atoms with van der Waals surface area (Å²) in [6.45, 7) is 0. The molecule has 0 saturated heterocycles. The van der Waals surface area contributed by atoms with Crippen LogP contribution in [0.25, 0.3) is 5.69 Å². The van der Waals surface area contributed by atoms with E-state index in [4.69, 9.17) is 28.9 Å². The quantitative estimate of drug-likeness (QED) is 0.587. The number of nitrogens with two attached hydrogens (primary N) is 1. The van der Waals surface area contributed by atoms with Crippen molar-refractivity contribution in [1.82, 2.24) is 9.78 Å². The molecule has 0 aliphatic rings. The Bertz CT molecular complexity index is 753. The van der Waals surface area contributed by atoms with Gasteiger partial charge in [-0.15, -0.1) is 13.2 Å². The lowest BCUT2D eigenvalue weighted by molar-refractivity contribution is -0.137. The average molecular weight is 412 g/mol. The van der Waals surface area contributed by atoms with Gasteiger partial charge in [0.25, 0.3) is 0 Å². The van der Waals surface area contributed by atoms with E-state index in [0.717, 1.165) is 0 Å². The molecule has 0 spiro atoms. The Morgan fingerprint density at radius 1 is 1.08 bits per heavy atom. The maximum Gasteiger partial charge on any atom is 0.578 e. The van der Waals surface area contributed by atoms with Crippen LogP contribution in [0.15, 0.2) is 23.2 Å². The topological polar surface area (TPSA) is 66.9 Å². The Hall–Kier alpha value is -1.30. The zero-order valence-electron chi connectivity index (χ0n) is 11.0. The lowest BCUT2D eigenvalue weighted by atomic mass is 10.2. The number of hydrogen-bond acceptors (Lipinski definition) is 3. The Labute approximate surface area is 143 Å². The molecule has 0 amide bonds. The van der Waals surface area contributed by atoms with E-state index in [1.165, 1.54) is 0 Å². The van der Waals surface area contributed by atoms with Crippen molar-refractivity contribution >= 4 is 40.2 Å². The fraction of sp³-hybridized carbons (Fsp3) is 0.182. The van der Waals surface area contributed by atoms with Crippen molar-refractivity contribution in [2.45, 2.75) is 16.6 Å². The first-order valence-electron chi connectivity index (χ1n) is 5.72. The van der Waals surface area contributed by atoms with Crippen molar-refractivity contribution in [2.75, 3.05) is 5.73 Å². The molecule has 1 aromatic carbocycles. The largest absolute Gasteiger partial charge is 0.604 e. The highest BCUT2D eigenvalue weighted by molar-refractivity contribution is 7.92. The third kappa shape index (κ3) is 3.53. The van der Waals surface area contributed by atoms with Crippen molar-refractivity contribution in [3.8, 4) is 5.69 Å². The predicted molar refractivity (Wildman–Crippen MR) is 75.5 cm³/mol. The molecule has 132 valence electrons. The Morgan fingerprint density at radius 3 is 2.00 bits per heavy atom. The average Bonchev–Trinajstić information content (AvgIpc) is 2.77. The van der Waals surface area contributed by atoms with E-state index in [-0.39, 0.29) is 5.69 Å². The summed E-state index contributed by atoms with van der Waals surface area (Å²) in [6.07, 6.45) is -4.16. The summed E-state index contributed by atoms with van der Waals surface area (Å²) in [4.78, 5) is -0.866. The molecule has 24 heavy (non-hydrogen) atoms. The molecule has 0 aliphatic carbocycles. The highest BCUT2D eigenvalue weighted by atomic mass is 35.5. The van der Waals surface area contributed by atoms with Gasteiger partial charge in [-0.1, -0.05) is 23.2 Å². The predicted octanol–water partition coefficient (Wildman–Crippen LogP) is 4.41. The molecule has 4 nitrogen and oxygen atoms in total. The van der Waals surface area contributed by atoms with Gasteiger partial charge in [-0.05, 0) is 12.1 Å². The van der Waals surface area contributed by atoms with Crippen molar-refractivity contribution in [3.63, 3.8) is 0 Å². The Kier molecular flexibility index (Phi) is 4.92. The van der Waals surface area contributed by atoms with E-state index < -0.39 is 49.2 Å². The van der Waals surface area contributed by atoms with Gasteiger partial charge in [0.1, 0.15) is 23.1 Å². The number of anilines is 1. The highest BCUT2D eigenvalue weighted by Crippen LogP contribution is 2.40. The molecule has 2 rings (SSSR count). The number of halogens is 8. The van der Waals surface area contributed by atoms with Crippen molar-refractivity contribution in [1.29, 1.82) is 0 Å². The van der Waals surface area contributed by atoms with Gasteiger partial charge in [-0.25, -0.2) is 4.68 Å². The molecule has 1 aromatic heterocycles. The van der Waals surface area contributed by atoms with Crippen LogP contribution in [-0.4, -0.2) is 19.8 Å². The molecule has 0 radical (unpaired) electrons. The van der Waals surface area contributed by atoms with Crippen LogP contribution in [0.2, 0.25) is 10.0 Å². The van der Waals surface area contributed by atoms with Crippen LogP contribution < -0.4 is 5.73 Å². The van der Waals surface area contributed by atoms with E-state index in [1.807, 2.05) is 0 Å². The van der Waals surface area contributed by atoms with Gasteiger partial charge < -0.3 is 10.3 Å². The fourth-order valence-electron chi connectivity index (χ4n) is 1.72. The Morgan fingerprint density at radius 2 is 1.58 bits per heavy atom. The molecule has 1 atom stereocenters. The first-order chi connectivity index (χ1) is 10.8. The number of aromatic nitrogens is 2. The van der Waals surface area contributed by atoms with Crippen molar-refractivity contribution in [2.24, 2.45) is 0 Å². The van der Waals surface area contributed by atoms with Gasteiger partial charge in [-0.3, -0.25) is 0 Å². The van der Waals surface area contributed by atoms with Gasteiger partial charge in [-0.2, -0.15) is 18.3 Å². The van der Waals surface area contributed by atoms with E-state index in [9.17, 15) is 30.9 Å². The SMILES string of the molecule is Nc1c([S@+]([O-])C(F)(F)F)cnn1-c1c(Cl)cc(C(F)(F)F)cc1Cl. The zero-order chi connectivity index (χ0) is 18.4. The molecule has 0 unspecified atom stereocenters. The van der Waals surface area contributed by atoms with Crippen molar-refractivity contribution in [3.05, 3.63) is 33.9 Å². The Balaban J connectivity index is 2.57. The van der Waals surface area contributed by atoms with E-state index in [1.54, 1.807) is 0 Å². The standard InChI is InChI=1S/C11H5Cl2F6N3OS/c12-5-1-4(10(14,15)16)2-6(13)8(5)22-9(20)7(3-21-22)24(23)11(17,18)19/h1-3H,20H2/t24-/m0/s1. The summed E-state index contributed by atoms with van der Waals surface area (Å²) < 4.78 is 87.4. The second kappa shape index (κ2) is 6.21. The summed E-state index contributed by atoms with van der Waals surface area (Å²) >= 11 is 7.98. The summed E-state index contributed by atoms with van der Waals surface area (Å²) in [7, 11) is 0. The number of nitrogens with zero attached hydrogens (tertiary/aromatic N) is 2. The normalized spacial score (nSPS) is 14.0. The van der Waals surface area contributed by atoms with E-state index >= 15 is 0 Å². The molecule has 0 aliphatic heterocycles. The molecule has 1 heterocycles. The van der Waals surface area contributed by atoms with Crippen LogP contribution in [0.1, 0.15) is 5.56 Å². The second-order valence-corrected chi connectivity index (χ2v) is 6.56. The molecule has 0 saturated carbocycles. The molecule has 2 aromatic rings. The van der Waals surface area contributed by atoms with Gasteiger partial charge in [0.05, 0.1) is 15.6 Å². The minimum atomic E-state index is -5.09. The number of hydrogen-bond donors (Lipinski definition) is 1.